The van der Waals surface area contributed by atoms with Gasteiger partial charge in [0.25, 0.3) is 0 Å². The zero-order valence-electron chi connectivity index (χ0n) is 54.4. The summed E-state index contributed by atoms with van der Waals surface area (Å²) in [5.41, 5.74) is 17.3. The molecule has 41 heteroatoms. The molecular weight excluding hydrogens is 1350 g/mol. The molecule has 11 amide bonds. The highest BCUT2D eigenvalue weighted by Gasteiger charge is 2.41. The monoisotopic (exact) mass is 1440 g/mol. The number of hydrogen-bond acceptors (Lipinski definition) is 25. The first-order chi connectivity index (χ1) is 47.1. The van der Waals surface area contributed by atoms with Crippen LogP contribution in [-0.4, -0.2) is 265 Å². The topological polar surface area (TPSA) is 657 Å². The van der Waals surface area contributed by atoms with Gasteiger partial charge in [0.1, 0.15) is 59.9 Å². The number of ketones is 1. The maximum Gasteiger partial charge on any atom is 0.327 e. The quantitative estimate of drug-likeness (QED) is 0.0213. The summed E-state index contributed by atoms with van der Waals surface area (Å²) in [7, 11) is 0. The number of nitrogens with one attached hydrogen (secondary N) is 9. The van der Waals surface area contributed by atoms with Crippen molar-refractivity contribution in [2.45, 2.75) is 163 Å². The van der Waals surface area contributed by atoms with E-state index in [0.717, 1.165) is 4.90 Å². The second-order valence-electron chi connectivity index (χ2n) is 22.5. The van der Waals surface area contributed by atoms with Crippen LogP contribution in [0.5, 0.6) is 5.75 Å². The summed E-state index contributed by atoms with van der Waals surface area (Å²) in [6.45, 7) is 2.03. The van der Waals surface area contributed by atoms with Crippen molar-refractivity contribution >= 4 is 118 Å². The summed E-state index contributed by atoms with van der Waals surface area (Å²) in [6, 6.07) is -12.6. The van der Waals surface area contributed by atoms with Crippen molar-refractivity contribution in [1.29, 1.82) is 0 Å². The highest BCUT2D eigenvalue weighted by atomic mass is 32.2. The van der Waals surface area contributed by atoms with E-state index in [-0.39, 0.29) is 122 Å². The van der Waals surface area contributed by atoms with E-state index in [4.69, 9.17) is 26.7 Å². The molecule has 0 aliphatic carbocycles. The van der Waals surface area contributed by atoms with Crippen LogP contribution in [0.2, 0.25) is 0 Å². The highest BCUT2D eigenvalue weighted by Crippen LogP contribution is 2.26. The SMILES string of the molecule is CC(=O)CCOCCOCCNC(=O)CCN1C(=O)CC(SC[C@H](NC(=O)[C@H](CCCCN)NC(=O)[C@H](CC(=O)O)NC(=O)[C@H](CC(=O)O)NC(=O)[C@H](CC(=O)O)NC(=O)[C@H](CC(=O)O)NC(=O)[C@H](CCCCN)NC(=O)[C@H](Cc2ccc(O)cc2)NC(=O)[C@@H](N)CC(=O)O)C(=O)O)C1=O. The maximum atomic E-state index is 14.0. The molecule has 1 unspecified atom stereocenters. The Morgan fingerprint density at radius 3 is 1.31 bits per heavy atom. The molecule has 0 bridgehead atoms. The second-order valence-corrected chi connectivity index (χ2v) is 23.8. The number of imide groups is 1. The molecule has 2 rings (SSSR count). The number of carboxylic acids is 6. The van der Waals surface area contributed by atoms with Gasteiger partial charge >= 0.3 is 35.8 Å². The Hall–Kier alpha value is -9.97. The molecule has 1 heterocycles. The summed E-state index contributed by atoms with van der Waals surface area (Å²) in [5, 5.41) is 86.5. The molecule has 556 valence electrons. The number of aromatic hydroxyl groups is 1. The normalized spacial score (nSPS) is 15.3. The van der Waals surface area contributed by atoms with Crippen LogP contribution in [0.4, 0.5) is 0 Å². The fourth-order valence-corrected chi connectivity index (χ4v) is 10.3. The van der Waals surface area contributed by atoms with Crippen molar-refractivity contribution in [2.24, 2.45) is 17.2 Å². The van der Waals surface area contributed by atoms with E-state index in [0.29, 0.717) is 17.3 Å². The number of carboxylic acid groups (broad SMARTS) is 6. The van der Waals surface area contributed by atoms with Gasteiger partial charge in [-0.1, -0.05) is 12.1 Å². The second kappa shape index (κ2) is 45.6. The van der Waals surface area contributed by atoms with Crippen molar-refractivity contribution in [3.05, 3.63) is 29.8 Å². The van der Waals surface area contributed by atoms with Gasteiger partial charge in [-0.05, 0) is 76.2 Å². The number of likely N-dealkylation sites (tertiary alicyclic amines) is 1. The molecule has 0 radical (unpaired) electrons. The molecule has 1 aliphatic rings. The van der Waals surface area contributed by atoms with E-state index in [1.54, 1.807) is 0 Å². The van der Waals surface area contributed by atoms with Gasteiger partial charge < -0.3 is 110 Å². The minimum absolute atomic E-state index is 0.0321. The first-order valence-electron chi connectivity index (χ1n) is 31.2. The number of carbonyl (C=O) groups is 18. The van der Waals surface area contributed by atoms with Crippen LogP contribution in [0, 0.1) is 0 Å². The Balaban J connectivity index is 2.32. The van der Waals surface area contributed by atoms with E-state index < -0.39 is 205 Å². The molecule has 40 nitrogen and oxygen atoms in total. The van der Waals surface area contributed by atoms with Crippen molar-refractivity contribution < 1.29 is 132 Å². The number of nitrogens with two attached hydrogens (primary N) is 3. The summed E-state index contributed by atoms with van der Waals surface area (Å²) in [5.74, 6) is -24.3. The van der Waals surface area contributed by atoms with E-state index in [9.17, 15) is 122 Å². The molecular formula is C59H87N13O27S. The lowest BCUT2D eigenvalue weighted by Crippen LogP contribution is -2.61. The number of Topliss-reactive ketones (excluding diaryl/α,β-unsaturated/α-hetero) is 1. The summed E-state index contributed by atoms with van der Waals surface area (Å²) < 4.78 is 10.6. The smallest absolute Gasteiger partial charge is 0.327 e. The molecule has 22 N–H and O–H groups in total. The third kappa shape index (κ3) is 34.0. The number of rotatable bonds is 52. The summed E-state index contributed by atoms with van der Waals surface area (Å²) in [6.07, 6.45) is -7.17. The Kier molecular flexibility index (Phi) is 39.3. The standard InChI is InChI=1S/C59H87N13O27S/c1-30(73)13-18-98-20-21-99-19-16-63-43(75)12-17-72-44(76)28-42(58(72)95)100-29-41(59(96)97)71-52(89)35(7-3-5-15-61)65-54(91)37(24-46(79)80)68-56(93)39(26-48(83)84)70-57(94)40(27-49(85)86)69-55(92)38(25-47(81)82)67-51(88)34(6-2-4-14-60)64-53(90)36(22-31-8-10-32(74)11-9-31)66-50(87)33(62)23-45(77)78/h8-11,33-42,74H,2-7,12-29,60-62H2,1H3,(H,63,75)(H,64,90)(H,65,91)(H,66,87)(H,67,88)(H,68,93)(H,69,92)(H,70,94)(H,71,89)(H,77,78)(H,79,80)(H,81,82)(H,83,84)(H,85,86)(H,96,97)/t33-,34-,35-,36-,37-,38-,39-,40-,41-,42?/m0/s1. The minimum atomic E-state index is -2.38. The molecule has 0 saturated carbocycles. The van der Waals surface area contributed by atoms with Crippen LogP contribution < -0.4 is 65.1 Å². The van der Waals surface area contributed by atoms with Crippen LogP contribution in [0.15, 0.2) is 24.3 Å². The molecule has 1 fully saturated rings. The average molecular weight is 1440 g/mol. The molecule has 0 aromatic heterocycles. The number of phenolic OH excluding ortho intramolecular Hbond substituents is 1. The molecule has 1 aromatic carbocycles. The van der Waals surface area contributed by atoms with E-state index >= 15 is 0 Å². The number of amides is 11. The predicted molar refractivity (Wildman–Crippen MR) is 342 cm³/mol. The van der Waals surface area contributed by atoms with Gasteiger partial charge in [0.2, 0.25) is 65.0 Å². The number of hydrogen-bond donors (Lipinski definition) is 19. The van der Waals surface area contributed by atoms with Gasteiger partial charge in [-0.25, -0.2) is 4.79 Å². The van der Waals surface area contributed by atoms with Crippen LogP contribution in [0.1, 0.15) is 102 Å². The van der Waals surface area contributed by atoms with Crippen LogP contribution in [-0.2, 0) is 102 Å². The maximum absolute atomic E-state index is 14.0. The number of carbonyl (C=O) groups excluding carboxylic acids is 12. The average Bonchev–Trinajstić information content (AvgIpc) is 1.62. The Labute approximate surface area is 574 Å². The number of thioether (sulfide) groups is 1. The molecule has 1 saturated heterocycles. The zero-order chi connectivity index (χ0) is 75.2. The number of ether oxygens (including phenoxy) is 2. The largest absolute Gasteiger partial charge is 0.508 e. The molecule has 1 aliphatic heterocycles. The third-order valence-corrected chi connectivity index (χ3v) is 15.6. The van der Waals surface area contributed by atoms with Gasteiger partial charge in [-0.2, -0.15) is 0 Å². The van der Waals surface area contributed by atoms with Gasteiger partial charge in [0.05, 0.1) is 69.8 Å². The first-order valence-corrected chi connectivity index (χ1v) is 32.3. The number of unbranched alkanes of at least 4 members (excludes halogenated alkanes) is 2. The lowest BCUT2D eigenvalue weighted by atomic mass is 10.0. The number of aliphatic carboxylic acids is 6. The predicted octanol–water partition coefficient (Wildman–Crippen LogP) is -6.76. The summed E-state index contributed by atoms with van der Waals surface area (Å²) >= 11 is 0.670. The van der Waals surface area contributed by atoms with Crippen molar-refractivity contribution in [2.75, 3.05) is 58.4 Å². The van der Waals surface area contributed by atoms with Crippen molar-refractivity contribution in [3.63, 3.8) is 0 Å². The molecule has 100 heavy (non-hydrogen) atoms. The number of nitrogens with zero attached hydrogens (tertiary/aromatic N) is 1. The highest BCUT2D eigenvalue weighted by molar-refractivity contribution is 8.00. The lowest BCUT2D eigenvalue weighted by molar-refractivity contribution is -0.145. The van der Waals surface area contributed by atoms with Crippen molar-refractivity contribution in [1.82, 2.24) is 52.8 Å². The lowest BCUT2D eigenvalue weighted by Gasteiger charge is -2.27. The molecule has 10 atom stereocenters. The minimum Gasteiger partial charge on any atom is -0.508 e. The van der Waals surface area contributed by atoms with Crippen LogP contribution >= 0.6 is 11.8 Å². The number of benzene rings is 1. The van der Waals surface area contributed by atoms with Gasteiger partial charge in [-0.3, -0.25) is 86.4 Å². The fraction of sp³-hybridized carbons (Fsp3) is 0.593. The zero-order valence-corrected chi connectivity index (χ0v) is 55.3. The van der Waals surface area contributed by atoms with Crippen molar-refractivity contribution in [3.8, 4) is 5.75 Å². The van der Waals surface area contributed by atoms with E-state index in [1.807, 2.05) is 16.0 Å². The van der Waals surface area contributed by atoms with E-state index in [1.165, 1.54) is 31.2 Å². The fourth-order valence-electron chi connectivity index (χ4n) is 9.11. The molecule has 0 spiro atoms. The van der Waals surface area contributed by atoms with Gasteiger partial charge in [0.15, 0.2) is 0 Å². The summed E-state index contributed by atoms with van der Waals surface area (Å²) in [4.78, 5) is 233. The third-order valence-electron chi connectivity index (χ3n) is 14.3. The van der Waals surface area contributed by atoms with Crippen LogP contribution in [0.25, 0.3) is 0 Å². The van der Waals surface area contributed by atoms with Gasteiger partial charge in [-0.15, -0.1) is 11.8 Å². The number of phenols is 1. The van der Waals surface area contributed by atoms with Crippen LogP contribution in [0.3, 0.4) is 0 Å². The van der Waals surface area contributed by atoms with Gasteiger partial charge in [0, 0.05) is 44.5 Å². The Bertz CT molecular complexity index is 3070. The van der Waals surface area contributed by atoms with E-state index in [2.05, 4.69) is 31.9 Å². The Morgan fingerprint density at radius 1 is 0.510 bits per heavy atom. The Morgan fingerprint density at radius 2 is 0.900 bits per heavy atom. The molecule has 1 aromatic rings. The first kappa shape index (κ1) is 86.1.